The van der Waals surface area contributed by atoms with Gasteiger partial charge in [-0.05, 0) is 0 Å². The van der Waals surface area contributed by atoms with E-state index in [9.17, 15) is 0 Å². The van der Waals surface area contributed by atoms with E-state index >= 15 is 0 Å². The summed E-state index contributed by atoms with van der Waals surface area (Å²) in [4.78, 5) is 0. The second-order valence-electron chi connectivity index (χ2n) is 0.901. The molecule has 0 aliphatic carbocycles. The highest BCUT2D eigenvalue weighted by atomic mass is 16.5. The van der Waals surface area contributed by atoms with Crippen LogP contribution in [0.1, 0.15) is 0 Å². The van der Waals surface area contributed by atoms with E-state index in [4.69, 9.17) is 10.5 Å². The molecule has 0 atom stereocenters. The van der Waals surface area contributed by atoms with Crippen LogP contribution in [0.4, 0.5) is 0 Å². The van der Waals surface area contributed by atoms with Gasteiger partial charge < -0.3 is 4.74 Å². The van der Waals surface area contributed by atoms with Crippen LogP contribution >= 0.6 is 0 Å². The number of hydrogen-bond acceptors (Lipinski definition) is 3. The Labute approximate surface area is 47.4 Å². The van der Waals surface area contributed by atoms with Crippen molar-refractivity contribution in [3.8, 4) is 12.1 Å². The van der Waals surface area contributed by atoms with E-state index in [2.05, 4.69) is 4.74 Å². The molecule has 8 heavy (non-hydrogen) atoms. The summed E-state index contributed by atoms with van der Waals surface area (Å²) in [5.74, 6) is 0. The fraction of sp³-hybridized carbons (Fsp3) is 0.200. The van der Waals surface area contributed by atoms with Crippen molar-refractivity contribution >= 4 is 0 Å². The minimum atomic E-state index is -0.00181. The van der Waals surface area contributed by atoms with E-state index < -0.39 is 0 Å². The van der Waals surface area contributed by atoms with Gasteiger partial charge in [0.15, 0.2) is 6.61 Å². The van der Waals surface area contributed by atoms with Crippen molar-refractivity contribution in [2.45, 2.75) is 0 Å². The Kier molecular flexibility index (Phi) is 4.50. The molecule has 0 saturated carbocycles. The average Bonchev–Trinajstić information content (AvgIpc) is 1.81. The van der Waals surface area contributed by atoms with Crippen molar-refractivity contribution in [3.63, 3.8) is 0 Å². The van der Waals surface area contributed by atoms with Crippen LogP contribution in [0.5, 0.6) is 0 Å². The van der Waals surface area contributed by atoms with Crippen LogP contribution in [0, 0.1) is 22.7 Å². The third-order valence-electron chi connectivity index (χ3n) is 0.387. The summed E-state index contributed by atoms with van der Waals surface area (Å²) >= 11 is 0. The summed E-state index contributed by atoms with van der Waals surface area (Å²) in [6.45, 7) is -0.00181. The van der Waals surface area contributed by atoms with Crippen LogP contribution < -0.4 is 0 Å². The first-order chi connectivity index (χ1) is 3.91. The van der Waals surface area contributed by atoms with Gasteiger partial charge >= 0.3 is 0 Å². The fourth-order valence-corrected chi connectivity index (χ4v) is 0.164. The zero-order valence-corrected chi connectivity index (χ0v) is 4.16. The van der Waals surface area contributed by atoms with Gasteiger partial charge in [0.25, 0.3) is 0 Å². The van der Waals surface area contributed by atoms with Gasteiger partial charge in [0.05, 0.1) is 18.4 Å². The topological polar surface area (TPSA) is 56.8 Å². The predicted octanol–water partition coefficient (Wildman–Crippen LogP) is 0.564. The van der Waals surface area contributed by atoms with Crippen LogP contribution in [0.15, 0.2) is 12.3 Å². The Morgan fingerprint density at radius 1 is 1.50 bits per heavy atom. The van der Waals surface area contributed by atoms with Crippen molar-refractivity contribution in [1.82, 2.24) is 0 Å². The molecule has 0 fully saturated rings. The summed E-state index contributed by atoms with van der Waals surface area (Å²) in [7, 11) is 0. The molecule has 0 rings (SSSR count). The molecule has 40 valence electrons. The lowest BCUT2D eigenvalue weighted by Gasteiger charge is -1.83. The SMILES string of the molecule is N#CC=COCC#N. The van der Waals surface area contributed by atoms with E-state index in [1.54, 1.807) is 12.1 Å². The molecular formula is C5H4N2O. The average molecular weight is 108 g/mol. The summed E-state index contributed by atoms with van der Waals surface area (Å²) in [5, 5.41) is 15.7. The minimum absolute atomic E-state index is 0.00181. The zero-order chi connectivity index (χ0) is 6.24. The number of rotatable bonds is 2. The molecule has 0 radical (unpaired) electrons. The van der Waals surface area contributed by atoms with Crippen molar-refractivity contribution in [1.29, 1.82) is 10.5 Å². The van der Waals surface area contributed by atoms with Gasteiger partial charge in [-0.3, -0.25) is 0 Å². The molecule has 0 heterocycles. The van der Waals surface area contributed by atoms with Gasteiger partial charge in [-0.1, -0.05) is 0 Å². The fourth-order valence-electron chi connectivity index (χ4n) is 0.164. The van der Waals surface area contributed by atoms with Crippen LogP contribution in [-0.2, 0) is 4.74 Å². The van der Waals surface area contributed by atoms with Gasteiger partial charge in [-0.2, -0.15) is 10.5 Å². The Balaban J connectivity index is 3.10. The van der Waals surface area contributed by atoms with E-state index in [0.29, 0.717) is 0 Å². The Bertz CT molecular complexity index is 149. The second-order valence-corrected chi connectivity index (χ2v) is 0.901. The molecule has 0 aromatic rings. The van der Waals surface area contributed by atoms with E-state index in [-0.39, 0.29) is 6.61 Å². The maximum absolute atomic E-state index is 7.87. The molecule has 0 amide bonds. The first-order valence-electron chi connectivity index (χ1n) is 1.95. The van der Waals surface area contributed by atoms with Gasteiger partial charge in [0.1, 0.15) is 6.07 Å². The van der Waals surface area contributed by atoms with Gasteiger partial charge in [-0.15, -0.1) is 0 Å². The molecule has 0 spiro atoms. The van der Waals surface area contributed by atoms with E-state index in [0.717, 1.165) is 6.08 Å². The van der Waals surface area contributed by atoms with Gasteiger partial charge in [-0.25, -0.2) is 0 Å². The molecule has 0 aromatic carbocycles. The third kappa shape index (κ3) is 4.52. The highest BCUT2D eigenvalue weighted by Crippen LogP contribution is 1.72. The summed E-state index contributed by atoms with van der Waals surface area (Å²) in [6.07, 6.45) is 2.35. The van der Waals surface area contributed by atoms with Crippen molar-refractivity contribution in [2.75, 3.05) is 6.61 Å². The largest absolute Gasteiger partial charge is 0.486 e. The summed E-state index contributed by atoms with van der Waals surface area (Å²) in [6, 6.07) is 3.46. The Morgan fingerprint density at radius 3 is 2.75 bits per heavy atom. The zero-order valence-electron chi connectivity index (χ0n) is 4.16. The number of allylic oxidation sites excluding steroid dienone is 1. The van der Waals surface area contributed by atoms with E-state index in [1.165, 1.54) is 6.26 Å². The summed E-state index contributed by atoms with van der Waals surface area (Å²) < 4.78 is 4.46. The minimum Gasteiger partial charge on any atom is -0.486 e. The van der Waals surface area contributed by atoms with Crippen LogP contribution in [0.2, 0.25) is 0 Å². The number of hydrogen-bond donors (Lipinski definition) is 0. The molecule has 3 nitrogen and oxygen atoms in total. The first-order valence-corrected chi connectivity index (χ1v) is 1.95. The van der Waals surface area contributed by atoms with Crippen LogP contribution in [-0.4, -0.2) is 6.61 Å². The number of nitriles is 2. The number of nitrogens with zero attached hydrogens (tertiary/aromatic N) is 2. The normalized spacial score (nSPS) is 7.75. The highest BCUT2D eigenvalue weighted by molar-refractivity contribution is 4.97. The van der Waals surface area contributed by atoms with Crippen LogP contribution in [0.25, 0.3) is 0 Å². The first kappa shape index (κ1) is 6.52. The molecule has 0 saturated heterocycles. The molecule has 0 aliphatic rings. The quantitative estimate of drug-likeness (QED) is 0.295. The molecule has 3 heteroatoms. The molecule has 0 aliphatic heterocycles. The smallest absolute Gasteiger partial charge is 0.173 e. The molecule has 0 N–H and O–H groups in total. The van der Waals surface area contributed by atoms with Gasteiger partial charge in [0, 0.05) is 0 Å². The Morgan fingerprint density at radius 2 is 2.25 bits per heavy atom. The molecule has 0 aromatic heterocycles. The Hall–Kier alpha value is -1.48. The maximum atomic E-state index is 7.87. The summed E-state index contributed by atoms with van der Waals surface area (Å²) in [5.41, 5.74) is 0. The maximum Gasteiger partial charge on any atom is 0.173 e. The number of ether oxygens (including phenoxy) is 1. The second kappa shape index (κ2) is 5.52. The molecule has 0 unspecified atom stereocenters. The lowest BCUT2D eigenvalue weighted by atomic mass is 10.7. The van der Waals surface area contributed by atoms with Crippen molar-refractivity contribution in [2.24, 2.45) is 0 Å². The lowest BCUT2D eigenvalue weighted by molar-refractivity contribution is 0.295. The van der Waals surface area contributed by atoms with Crippen LogP contribution in [0.3, 0.4) is 0 Å². The molecular weight excluding hydrogens is 104 g/mol. The van der Waals surface area contributed by atoms with Gasteiger partial charge in [0.2, 0.25) is 0 Å². The molecule has 0 bridgehead atoms. The highest BCUT2D eigenvalue weighted by Gasteiger charge is 1.69. The van der Waals surface area contributed by atoms with E-state index in [1.807, 2.05) is 0 Å². The lowest BCUT2D eigenvalue weighted by Crippen LogP contribution is -1.77. The monoisotopic (exact) mass is 108 g/mol. The van der Waals surface area contributed by atoms with Crippen molar-refractivity contribution in [3.05, 3.63) is 12.3 Å². The standard InChI is InChI=1S/C5H4N2O/c6-2-1-4-8-5-3-7/h1,4H,5H2. The van der Waals surface area contributed by atoms with Crippen molar-refractivity contribution < 1.29 is 4.74 Å². The third-order valence-corrected chi connectivity index (χ3v) is 0.387. The predicted molar refractivity (Wildman–Crippen MR) is 26.3 cm³/mol.